The molecule has 0 bridgehead atoms. The highest BCUT2D eigenvalue weighted by molar-refractivity contribution is 6.99. The van der Waals surface area contributed by atoms with Gasteiger partial charge in [-0.2, -0.15) is 0 Å². The fraction of sp³-hybridized carbons (Fsp3) is 0.480. The van der Waals surface area contributed by atoms with Gasteiger partial charge in [-0.05, 0) is 21.8 Å². The molecule has 1 saturated heterocycles. The molecule has 0 aromatic heterocycles. The van der Waals surface area contributed by atoms with Crippen LogP contribution in [0.2, 0.25) is 5.04 Å². The molecule has 1 unspecified atom stereocenters. The van der Waals surface area contributed by atoms with Crippen LogP contribution in [0.4, 0.5) is 0 Å². The highest BCUT2D eigenvalue weighted by atomic mass is 28.4. The van der Waals surface area contributed by atoms with Gasteiger partial charge in [0.05, 0.1) is 25.4 Å². The number of aldehydes is 1. The van der Waals surface area contributed by atoms with Gasteiger partial charge < -0.3 is 18.7 Å². The second-order valence-electron chi connectivity index (χ2n) is 9.03. The first kappa shape index (κ1) is 22.9. The molecule has 0 amide bonds. The lowest BCUT2D eigenvalue weighted by Gasteiger charge is -2.43. The van der Waals surface area contributed by atoms with Crippen molar-refractivity contribution in [3.05, 3.63) is 60.7 Å². The second kappa shape index (κ2) is 10.0. The van der Waals surface area contributed by atoms with E-state index in [1.165, 1.54) is 10.4 Å². The number of carbonyl (C=O) groups excluding carboxylic acids is 1. The van der Waals surface area contributed by atoms with E-state index in [4.69, 9.17) is 13.9 Å². The maximum Gasteiger partial charge on any atom is 0.261 e. The molecule has 2 aromatic rings. The summed E-state index contributed by atoms with van der Waals surface area (Å²) in [6, 6.07) is 21.3. The third-order valence-electron chi connectivity index (χ3n) is 6.23. The summed E-state index contributed by atoms with van der Waals surface area (Å²) in [6.45, 7) is 7.87. The van der Waals surface area contributed by atoms with Gasteiger partial charge in [0.2, 0.25) is 0 Å². The molecule has 162 valence electrons. The second-order valence-corrected chi connectivity index (χ2v) is 13.3. The van der Waals surface area contributed by atoms with E-state index in [1.807, 2.05) is 0 Å². The first-order valence-corrected chi connectivity index (χ1v) is 12.7. The van der Waals surface area contributed by atoms with Crippen molar-refractivity contribution in [2.24, 2.45) is 5.92 Å². The molecule has 1 fully saturated rings. The Morgan fingerprint density at radius 2 is 1.60 bits per heavy atom. The molecule has 2 aromatic carbocycles. The molecule has 1 aliphatic heterocycles. The Labute approximate surface area is 181 Å². The summed E-state index contributed by atoms with van der Waals surface area (Å²) in [4.78, 5) is 11.0. The highest BCUT2D eigenvalue weighted by Gasteiger charge is 2.51. The number of hydrogen-bond donors (Lipinski definition) is 0. The smallest absolute Gasteiger partial charge is 0.261 e. The van der Waals surface area contributed by atoms with Crippen molar-refractivity contribution in [1.29, 1.82) is 0 Å². The summed E-state index contributed by atoms with van der Waals surface area (Å²) in [5.74, 6) is 0.165. The molecule has 1 aliphatic rings. The van der Waals surface area contributed by atoms with Gasteiger partial charge in [-0.1, -0.05) is 81.4 Å². The summed E-state index contributed by atoms with van der Waals surface area (Å²) < 4.78 is 18.8. The average molecular weight is 427 g/mol. The lowest BCUT2D eigenvalue weighted by Crippen LogP contribution is -2.67. The number of rotatable bonds is 9. The van der Waals surface area contributed by atoms with Crippen molar-refractivity contribution >= 4 is 25.0 Å². The van der Waals surface area contributed by atoms with Crippen molar-refractivity contribution in [2.45, 2.75) is 50.9 Å². The number of ether oxygens (including phenoxy) is 2. The Balaban J connectivity index is 1.96. The van der Waals surface area contributed by atoms with Crippen molar-refractivity contribution in [3.8, 4) is 0 Å². The molecule has 0 aliphatic carbocycles. The van der Waals surface area contributed by atoms with E-state index < -0.39 is 8.32 Å². The highest BCUT2D eigenvalue weighted by Crippen LogP contribution is 2.38. The molecule has 30 heavy (non-hydrogen) atoms. The first-order valence-electron chi connectivity index (χ1n) is 10.8. The molecular weight excluding hydrogens is 392 g/mol. The average Bonchev–Trinajstić information content (AvgIpc) is 3.15. The Morgan fingerprint density at radius 3 is 2.07 bits per heavy atom. The van der Waals surface area contributed by atoms with Gasteiger partial charge in [-0.25, -0.2) is 0 Å². The van der Waals surface area contributed by atoms with Gasteiger partial charge in [0.15, 0.2) is 0 Å². The molecule has 0 saturated carbocycles. The summed E-state index contributed by atoms with van der Waals surface area (Å²) >= 11 is 0. The lowest BCUT2D eigenvalue weighted by atomic mass is 9.94. The molecule has 0 N–H and O–H groups in total. The third-order valence-corrected chi connectivity index (χ3v) is 11.2. The van der Waals surface area contributed by atoms with Crippen LogP contribution in [0.25, 0.3) is 0 Å². The van der Waals surface area contributed by atoms with Crippen molar-refractivity contribution < 1.29 is 18.7 Å². The molecule has 5 heteroatoms. The van der Waals surface area contributed by atoms with Crippen LogP contribution < -0.4 is 10.4 Å². The number of benzene rings is 2. The minimum Gasteiger partial charge on any atom is -0.405 e. The first-order chi connectivity index (χ1) is 14.4. The van der Waals surface area contributed by atoms with Crippen LogP contribution in [-0.4, -0.2) is 47.1 Å². The Morgan fingerprint density at radius 1 is 1.03 bits per heavy atom. The normalized spacial score (nSPS) is 22.2. The number of hydrogen-bond acceptors (Lipinski definition) is 4. The van der Waals surface area contributed by atoms with Crippen LogP contribution >= 0.6 is 0 Å². The van der Waals surface area contributed by atoms with Crippen LogP contribution in [0.1, 0.15) is 33.6 Å². The van der Waals surface area contributed by atoms with Gasteiger partial charge >= 0.3 is 0 Å². The molecule has 3 atom stereocenters. The Kier molecular flexibility index (Phi) is 7.63. The monoisotopic (exact) mass is 426 g/mol. The maximum atomic E-state index is 11.0. The molecule has 3 rings (SSSR count). The minimum absolute atomic E-state index is 0.0118. The largest absolute Gasteiger partial charge is 0.405 e. The topological polar surface area (TPSA) is 44.8 Å². The van der Waals surface area contributed by atoms with E-state index in [1.54, 1.807) is 7.11 Å². The zero-order valence-electron chi connectivity index (χ0n) is 18.5. The van der Waals surface area contributed by atoms with E-state index in [2.05, 4.69) is 81.4 Å². The Hall–Kier alpha value is -1.79. The van der Waals surface area contributed by atoms with E-state index in [-0.39, 0.29) is 23.2 Å². The van der Waals surface area contributed by atoms with Gasteiger partial charge in [-0.15, -0.1) is 0 Å². The van der Waals surface area contributed by atoms with Crippen LogP contribution in [0.3, 0.4) is 0 Å². The van der Waals surface area contributed by atoms with Crippen molar-refractivity contribution in [3.63, 3.8) is 0 Å². The SMILES string of the molecule is COC1CO[C@H](CO[Si](c2ccccc2)(c2ccccc2)C(C)(C)C)[C@H]1CCC=O. The molecule has 1 heterocycles. The Bertz CT molecular complexity index is 748. The molecule has 0 spiro atoms. The van der Waals surface area contributed by atoms with Gasteiger partial charge in [0.1, 0.15) is 6.29 Å². The third kappa shape index (κ3) is 4.59. The fourth-order valence-electron chi connectivity index (χ4n) is 4.72. The van der Waals surface area contributed by atoms with Crippen LogP contribution in [0.5, 0.6) is 0 Å². The van der Waals surface area contributed by atoms with Crippen LogP contribution in [0, 0.1) is 5.92 Å². The standard InChI is InChI=1S/C25H34O4Si/c1-25(2,3)30(20-12-7-5-8-13-20,21-14-9-6-10-15-21)29-19-24-22(16-11-17-26)23(27-4)18-28-24/h5-10,12-15,17,22-24H,11,16,18-19H2,1-4H3/t22-,23?,24+/m0/s1. The fourth-order valence-corrected chi connectivity index (χ4v) is 9.29. The predicted molar refractivity (Wildman–Crippen MR) is 123 cm³/mol. The summed E-state index contributed by atoms with van der Waals surface area (Å²) in [6.07, 6.45) is 2.19. The zero-order chi connectivity index (χ0) is 21.6. The van der Waals surface area contributed by atoms with Gasteiger partial charge in [0.25, 0.3) is 8.32 Å². The quantitative estimate of drug-likeness (QED) is 0.454. The predicted octanol–water partition coefficient (Wildman–Crippen LogP) is 3.57. The summed E-state index contributed by atoms with van der Waals surface area (Å²) in [7, 11) is -0.885. The van der Waals surface area contributed by atoms with E-state index >= 15 is 0 Å². The van der Waals surface area contributed by atoms with Crippen LogP contribution in [-0.2, 0) is 18.7 Å². The maximum absolute atomic E-state index is 11.0. The molecular formula is C25H34O4Si. The van der Waals surface area contributed by atoms with Gasteiger partial charge in [0, 0.05) is 19.4 Å². The molecule has 0 radical (unpaired) electrons. The molecule has 4 nitrogen and oxygen atoms in total. The van der Waals surface area contributed by atoms with Crippen molar-refractivity contribution in [1.82, 2.24) is 0 Å². The van der Waals surface area contributed by atoms with E-state index in [9.17, 15) is 4.79 Å². The van der Waals surface area contributed by atoms with Crippen LogP contribution in [0.15, 0.2) is 60.7 Å². The lowest BCUT2D eigenvalue weighted by molar-refractivity contribution is -0.108. The number of carbonyl (C=O) groups is 1. The minimum atomic E-state index is -2.60. The zero-order valence-corrected chi connectivity index (χ0v) is 19.5. The van der Waals surface area contributed by atoms with E-state index in [0.29, 0.717) is 19.6 Å². The van der Waals surface area contributed by atoms with Crippen molar-refractivity contribution in [2.75, 3.05) is 20.3 Å². The van der Waals surface area contributed by atoms with Gasteiger partial charge in [-0.3, -0.25) is 0 Å². The summed E-state index contributed by atoms with van der Waals surface area (Å²) in [5, 5.41) is 2.44. The van der Waals surface area contributed by atoms with E-state index in [0.717, 1.165) is 12.7 Å². The summed E-state index contributed by atoms with van der Waals surface area (Å²) in [5.41, 5.74) is 0. The number of methoxy groups -OCH3 is 1.